The summed E-state index contributed by atoms with van der Waals surface area (Å²) in [6.07, 6.45) is 3.30. The standard InChI is InChI=1S/C15H22N2O3S/c1-8-10(5-6-20-8)7-17-15-13(19-2)11(16)14(21-15)12(18)9-3-4-9/h8-10,17H,3-7,16H2,1-2H3. The number of nitrogens with two attached hydrogens (primary N) is 1. The van der Waals surface area contributed by atoms with E-state index in [-0.39, 0.29) is 17.8 Å². The molecule has 0 amide bonds. The number of hydrogen-bond donors (Lipinski definition) is 2. The van der Waals surface area contributed by atoms with Crippen molar-refractivity contribution in [1.82, 2.24) is 0 Å². The molecule has 1 aliphatic carbocycles. The van der Waals surface area contributed by atoms with Gasteiger partial charge in [-0.05, 0) is 26.2 Å². The Hall–Kier alpha value is -1.27. The zero-order valence-corrected chi connectivity index (χ0v) is 13.3. The summed E-state index contributed by atoms with van der Waals surface area (Å²) in [6, 6.07) is 0. The Kier molecular flexibility index (Phi) is 4.08. The molecule has 3 N–H and O–H groups in total. The third kappa shape index (κ3) is 2.87. The first-order valence-electron chi connectivity index (χ1n) is 7.47. The second-order valence-corrected chi connectivity index (χ2v) is 6.87. The Labute approximate surface area is 128 Å². The maximum Gasteiger partial charge on any atom is 0.178 e. The van der Waals surface area contributed by atoms with Crippen LogP contribution in [0, 0.1) is 11.8 Å². The molecule has 0 aromatic carbocycles. The third-order valence-corrected chi connectivity index (χ3v) is 5.49. The minimum absolute atomic E-state index is 0.168. The van der Waals surface area contributed by atoms with Crippen LogP contribution < -0.4 is 15.8 Å². The van der Waals surface area contributed by atoms with Crippen molar-refractivity contribution in [3.05, 3.63) is 4.88 Å². The van der Waals surface area contributed by atoms with Crippen molar-refractivity contribution in [1.29, 1.82) is 0 Å². The average molecular weight is 310 g/mol. The molecule has 2 atom stereocenters. The summed E-state index contributed by atoms with van der Waals surface area (Å²) < 4.78 is 11.0. The van der Waals surface area contributed by atoms with Gasteiger partial charge < -0.3 is 20.5 Å². The maximum absolute atomic E-state index is 12.2. The van der Waals surface area contributed by atoms with Gasteiger partial charge >= 0.3 is 0 Å². The van der Waals surface area contributed by atoms with E-state index in [1.54, 1.807) is 7.11 Å². The fourth-order valence-corrected chi connectivity index (χ4v) is 3.85. The number of nitrogens with one attached hydrogen (secondary N) is 1. The first kappa shape index (κ1) is 14.7. The Morgan fingerprint density at radius 3 is 2.81 bits per heavy atom. The first-order valence-corrected chi connectivity index (χ1v) is 8.29. The second-order valence-electron chi connectivity index (χ2n) is 5.85. The van der Waals surface area contributed by atoms with E-state index in [0.717, 1.165) is 37.4 Å². The zero-order valence-electron chi connectivity index (χ0n) is 12.5. The van der Waals surface area contributed by atoms with Gasteiger partial charge in [0.2, 0.25) is 0 Å². The van der Waals surface area contributed by atoms with Crippen molar-refractivity contribution >= 4 is 27.8 Å². The number of anilines is 2. The van der Waals surface area contributed by atoms with Gasteiger partial charge in [-0.15, -0.1) is 11.3 Å². The number of methoxy groups -OCH3 is 1. The number of carbonyl (C=O) groups is 1. The number of rotatable bonds is 6. The molecular weight excluding hydrogens is 288 g/mol. The molecule has 1 saturated carbocycles. The van der Waals surface area contributed by atoms with Gasteiger partial charge in [-0.1, -0.05) is 0 Å². The highest BCUT2D eigenvalue weighted by Crippen LogP contribution is 2.46. The number of nitrogen functional groups attached to an aromatic ring is 1. The van der Waals surface area contributed by atoms with E-state index < -0.39 is 0 Å². The Bertz CT molecular complexity index is 539. The van der Waals surface area contributed by atoms with Crippen molar-refractivity contribution in [2.75, 3.05) is 31.3 Å². The molecule has 1 saturated heterocycles. The molecule has 0 radical (unpaired) electrons. The maximum atomic E-state index is 12.2. The lowest BCUT2D eigenvalue weighted by atomic mass is 10.0. The number of thiophene rings is 1. The number of carbonyl (C=O) groups excluding carboxylic acids is 1. The van der Waals surface area contributed by atoms with Crippen molar-refractivity contribution < 1.29 is 14.3 Å². The molecule has 1 aliphatic heterocycles. The van der Waals surface area contributed by atoms with Crippen LogP contribution >= 0.6 is 11.3 Å². The minimum Gasteiger partial charge on any atom is -0.492 e. The highest BCUT2D eigenvalue weighted by Gasteiger charge is 2.34. The quantitative estimate of drug-likeness (QED) is 0.790. The molecule has 2 unspecified atom stereocenters. The number of hydrogen-bond acceptors (Lipinski definition) is 6. The van der Waals surface area contributed by atoms with Crippen LogP contribution in [0.5, 0.6) is 5.75 Å². The van der Waals surface area contributed by atoms with E-state index in [1.165, 1.54) is 11.3 Å². The molecule has 2 aliphatic rings. The van der Waals surface area contributed by atoms with Gasteiger partial charge in [0.15, 0.2) is 11.5 Å². The van der Waals surface area contributed by atoms with Gasteiger partial charge in [0.1, 0.15) is 5.00 Å². The average Bonchev–Trinajstić information content (AvgIpc) is 3.17. The molecule has 6 heteroatoms. The Morgan fingerprint density at radius 1 is 1.48 bits per heavy atom. The fraction of sp³-hybridized carbons (Fsp3) is 0.667. The number of ether oxygens (including phenoxy) is 2. The van der Waals surface area contributed by atoms with E-state index in [0.29, 0.717) is 22.2 Å². The second kappa shape index (κ2) is 5.85. The lowest BCUT2D eigenvalue weighted by Crippen LogP contribution is -2.20. The van der Waals surface area contributed by atoms with Crippen LogP contribution in [0.15, 0.2) is 0 Å². The van der Waals surface area contributed by atoms with Gasteiger partial charge in [-0.25, -0.2) is 0 Å². The van der Waals surface area contributed by atoms with Crippen molar-refractivity contribution in [3.63, 3.8) is 0 Å². The number of ketones is 1. The normalized spacial score (nSPS) is 25.0. The summed E-state index contributed by atoms with van der Waals surface area (Å²) in [5.74, 6) is 1.43. The minimum atomic E-state index is 0.168. The van der Waals surface area contributed by atoms with Crippen LogP contribution in [-0.2, 0) is 4.74 Å². The summed E-state index contributed by atoms with van der Waals surface area (Å²) in [5, 5.41) is 4.25. The van der Waals surface area contributed by atoms with Crippen LogP contribution in [0.4, 0.5) is 10.7 Å². The predicted octanol–water partition coefficient (Wildman–Crippen LogP) is 2.77. The van der Waals surface area contributed by atoms with E-state index in [9.17, 15) is 4.79 Å². The van der Waals surface area contributed by atoms with E-state index in [4.69, 9.17) is 15.2 Å². The molecule has 116 valence electrons. The molecule has 2 heterocycles. The van der Waals surface area contributed by atoms with Gasteiger partial charge in [0.25, 0.3) is 0 Å². The molecule has 0 bridgehead atoms. The summed E-state index contributed by atoms with van der Waals surface area (Å²) in [6.45, 7) is 3.73. The van der Waals surface area contributed by atoms with Gasteiger partial charge in [-0.2, -0.15) is 0 Å². The van der Waals surface area contributed by atoms with E-state index in [2.05, 4.69) is 12.2 Å². The van der Waals surface area contributed by atoms with Crippen molar-refractivity contribution in [2.24, 2.45) is 11.8 Å². The fourth-order valence-electron chi connectivity index (χ4n) is 2.73. The largest absolute Gasteiger partial charge is 0.492 e. The molecule has 1 aromatic heterocycles. The van der Waals surface area contributed by atoms with E-state index in [1.807, 2.05) is 0 Å². The highest BCUT2D eigenvalue weighted by atomic mass is 32.1. The van der Waals surface area contributed by atoms with Crippen LogP contribution in [0.1, 0.15) is 35.9 Å². The third-order valence-electron chi connectivity index (χ3n) is 4.33. The summed E-state index contributed by atoms with van der Waals surface area (Å²) in [7, 11) is 1.59. The van der Waals surface area contributed by atoms with Crippen LogP contribution in [0.3, 0.4) is 0 Å². The van der Waals surface area contributed by atoms with Crippen LogP contribution in [0.25, 0.3) is 0 Å². The van der Waals surface area contributed by atoms with Gasteiger partial charge in [0.05, 0.1) is 23.8 Å². The molecular formula is C15H22N2O3S. The lowest BCUT2D eigenvalue weighted by molar-refractivity contribution is 0.0972. The molecule has 2 fully saturated rings. The Balaban J connectivity index is 1.74. The van der Waals surface area contributed by atoms with E-state index >= 15 is 0 Å². The van der Waals surface area contributed by atoms with Gasteiger partial charge in [-0.3, -0.25) is 4.79 Å². The van der Waals surface area contributed by atoms with Crippen molar-refractivity contribution in [2.45, 2.75) is 32.3 Å². The Morgan fingerprint density at radius 2 is 2.24 bits per heavy atom. The topological polar surface area (TPSA) is 73.6 Å². The molecule has 1 aromatic rings. The lowest BCUT2D eigenvalue weighted by Gasteiger charge is -2.15. The molecule has 0 spiro atoms. The highest BCUT2D eigenvalue weighted by molar-refractivity contribution is 7.19. The SMILES string of the molecule is COc1c(NCC2CCOC2C)sc(C(=O)C2CC2)c1N. The molecule has 21 heavy (non-hydrogen) atoms. The summed E-state index contributed by atoms with van der Waals surface area (Å²) in [5.41, 5.74) is 6.58. The van der Waals surface area contributed by atoms with Crippen LogP contribution in [0.2, 0.25) is 0 Å². The number of Topliss-reactive ketones (excluding diaryl/α,β-unsaturated/α-hetero) is 1. The molecule has 5 nitrogen and oxygen atoms in total. The van der Waals surface area contributed by atoms with Crippen LogP contribution in [-0.4, -0.2) is 32.1 Å². The zero-order chi connectivity index (χ0) is 15.0. The summed E-state index contributed by atoms with van der Waals surface area (Å²) >= 11 is 1.42. The smallest absolute Gasteiger partial charge is 0.178 e. The first-order chi connectivity index (χ1) is 10.1. The summed E-state index contributed by atoms with van der Waals surface area (Å²) in [4.78, 5) is 12.9. The predicted molar refractivity (Wildman–Crippen MR) is 84.3 cm³/mol. The molecule has 3 rings (SSSR count). The monoisotopic (exact) mass is 310 g/mol. The van der Waals surface area contributed by atoms with Gasteiger partial charge in [0, 0.05) is 25.0 Å². The van der Waals surface area contributed by atoms with Crippen molar-refractivity contribution in [3.8, 4) is 5.75 Å².